The molecule has 0 radical (unpaired) electrons. The second-order valence-electron chi connectivity index (χ2n) is 6.19. The van der Waals surface area contributed by atoms with E-state index in [9.17, 15) is 4.79 Å². The van der Waals surface area contributed by atoms with Crippen LogP contribution in [0.5, 0.6) is 0 Å². The number of halogens is 1. The molecule has 0 unspecified atom stereocenters. The maximum atomic E-state index is 11.1. The molecule has 4 heteroatoms. The number of benzene rings is 2. The quantitative estimate of drug-likeness (QED) is 0.826. The summed E-state index contributed by atoms with van der Waals surface area (Å²) in [6, 6.07) is 15.9. The van der Waals surface area contributed by atoms with Crippen LogP contribution in [0.4, 0.5) is 5.69 Å². The van der Waals surface area contributed by atoms with Crippen LogP contribution >= 0.6 is 11.6 Å². The van der Waals surface area contributed by atoms with Crippen molar-refractivity contribution in [2.75, 3.05) is 11.9 Å². The van der Waals surface area contributed by atoms with Gasteiger partial charge in [-0.05, 0) is 62.2 Å². The van der Waals surface area contributed by atoms with Crippen LogP contribution in [0, 0.1) is 0 Å². The van der Waals surface area contributed by atoms with Gasteiger partial charge in [0.25, 0.3) is 0 Å². The number of hydrogen-bond donors (Lipinski definition) is 2. The summed E-state index contributed by atoms with van der Waals surface area (Å²) in [5.74, 6) is -0.0587. The van der Waals surface area contributed by atoms with Crippen LogP contribution in [-0.2, 0) is 16.8 Å². The van der Waals surface area contributed by atoms with Gasteiger partial charge in [0.1, 0.15) is 0 Å². The van der Waals surface area contributed by atoms with Gasteiger partial charge in [0, 0.05) is 23.2 Å². The zero-order chi connectivity index (χ0) is 16.9. The van der Waals surface area contributed by atoms with Crippen LogP contribution in [0.15, 0.2) is 48.5 Å². The molecule has 0 aromatic heterocycles. The normalized spacial score (nSPS) is 11.3. The first-order chi connectivity index (χ1) is 10.9. The van der Waals surface area contributed by atoms with E-state index in [0.717, 1.165) is 23.7 Å². The number of hydrogen-bond acceptors (Lipinski definition) is 2. The Balaban J connectivity index is 1.94. The van der Waals surface area contributed by atoms with E-state index in [4.69, 9.17) is 11.6 Å². The van der Waals surface area contributed by atoms with E-state index in [1.807, 2.05) is 42.5 Å². The van der Waals surface area contributed by atoms with Gasteiger partial charge >= 0.3 is 0 Å². The van der Waals surface area contributed by atoms with Crippen LogP contribution in [0.2, 0.25) is 5.02 Å². The molecule has 0 atom stereocenters. The molecule has 0 aliphatic carbocycles. The highest BCUT2D eigenvalue weighted by Crippen LogP contribution is 2.22. The summed E-state index contributed by atoms with van der Waals surface area (Å²) in [6.07, 6.45) is 0.925. The number of carbonyl (C=O) groups is 1. The lowest BCUT2D eigenvalue weighted by Crippen LogP contribution is -2.37. The van der Waals surface area contributed by atoms with Crippen molar-refractivity contribution in [2.45, 2.75) is 32.7 Å². The Kier molecular flexibility index (Phi) is 5.80. The van der Waals surface area contributed by atoms with Crippen LogP contribution in [-0.4, -0.2) is 12.5 Å². The molecule has 2 N–H and O–H groups in total. The predicted molar refractivity (Wildman–Crippen MR) is 96.9 cm³/mol. The molecule has 0 fully saturated rings. The molecule has 0 aliphatic rings. The van der Waals surface area contributed by atoms with Crippen LogP contribution < -0.4 is 10.6 Å². The number of anilines is 1. The standard InChI is InChI=1S/C19H23ClN2O/c1-14(23)22-18-9-7-16(8-10-18)19(2,3)21-12-11-15-5-4-6-17(20)13-15/h4-10,13,21H,11-12H2,1-3H3,(H,22,23). The van der Waals surface area contributed by atoms with Gasteiger partial charge in [-0.15, -0.1) is 0 Å². The minimum Gasteiger partial charge on any atom is -0.326 e. The summed E-state index contributed by atoms with van der Waals surface area (Å²) >= 11 is 6.01. The lowest BCUT2D eigenvalue weighted by Gasteiger charge is -2.27. The Morgan fingerprint density at radius 3 is 2.43 bits per heavy atom. The molecule has 0 saturated carbocycles. The minimum absolute atomic E-state index is 0.0587. The summed E-state index contributed by atoms with van der Waals surface area (Å²) in [6.45, 7) is 6.67. The Hall–Kier alpha value is -1.84. The van der Waals surface area contributed by atoms with Crippen molar-refractivity contribution in [3.63, 3.8) is 0 Å². The van der Waals surface area contributed by atoms with E-state index in [1.165, 1.54) is 18.1 Å². The molecular formula is C19H23ClN2O. The number of amides is 1. The third-order valence-electron chi connectivity index (χ3n) is 3.80. The zero-order valence-electron chi connectivity index (χ0n) is 13.8. The third kappa shape index (κ3) is 5.38. The van der Waals surface area contributed by atoms with Crippen molar-refractivity contribution in [3.05, 3.63) is 64.7 Å². The number of rotatable bonds is 6. The van der Waals surface area contributed by atoms with Crippen molar-refractivity contribution in [2.24, 2.45) is 0 Å². The van der Waals surface area contributed by atoms with E-state index >= 15 is 0 Å². The average molecular weight is 331 g/mol. The van der Waals surface area contributed by atoms with Gasteiger partial charge in [-0.3, -0.25) is 4.79 Å². The molecule has 0 bridgehead atoms. The van der Waals surface area contributed by atoms with E-state index in [1.54, 1.807) is 0 Å². The fraction of sp³-hybridized carbons (Fsp3) is 0.316. The van der Waals surface area contributed by atoms with Crippen molar-refractivity contribution >= 4 is 23.2 Å². The lowest BCUT2D eigenvalue weighted by atomic mass is 9.93. The topological polar surface area (TPSA) is 41.1 Å². The molecule has 2 rings (SSSR count). The molecule has 122 valence electrons. The van der Waals surface area contributed by atoms with Crippen molar-refractivity contribution < 1.29 is 4.79 Å². The summed E-state index contributed by atoms with van der Waals surface area (Å²) < 4.78 is 0. The van der Waals surface area contributed by atoms with Crippen LogP contribution in [0.25, 0.3) is 0 Å². The minimum atomic E-state index is -0.146. The Morgan fingerprint density at radius 1 is 1.13 bits per heavy atom. The van der Waals surface area contributed by atoms with Gasteiger partial charge in [-0.2, -0.15) is 0 Å². The molecule has 0 heterocycles. The molecule has 3 nitrogen and oxygen atoms in total. The van der Waals surface area contributed by atoms with Gasteiger partial charge in [0.15, 0.2) is 0 Å². The fourth-order valence-corrected chi connectivity index (χ4v) is 2.70. The summed E-state index contributed by atoms with van der Waals surface area (Å²) in [4.78, 5) is 11.1. The maximum Gasteiger partial charge on any atom is 0.221 e. The maximum absolute atomic E-state index is 11.1. The smallest absolute Gasteiger partial charge is 0.221 e. The highest BCUT2D eigenvalue weighted by atomic mass is 35.5. The van der Waals surface area contributed by atoms with Gasteiger partial charge < -0.3 is 10.6 Å². The van der Waals surface area contributed by atoms with Crippen molar-refractivity contribution in [1.82, 2.24) is 5.32 Å². The molecule has 2 aromatic rings. The molecule has 23 heavy (non-hydrogen) atoms. The zero-order valence-corrected chi connectivity index (χ0v) is 14.6. The monoisotopic (exact) mass is 330 g/mol. The molecular weight excluding hydrogens is 308 g/mol. The van der Waals surface area contributed by atoms with E-state index in [-0.39, 0.29) is 11.4 Å². The largest absolute Gasteiger partial charge is 0.326 e. The van der Waals surface area contributed by atoms with E-state index < -0.39 is 0 Å². The average Bonchev–Trinajstić information content (AvgIpc) is 2.47. The Morgan fingerprint density at radius 2 is 1.83 bits per heavy atom. The van der Waals surface area contributed by atoms with Crippen molar-refractivity contribution in [1.29, 1.82) is 0 Å². The molecule has 0 aliphatic heterocycles. The van der Waals surface area contributed by atoms with Gasteiger partial charge in [0.2, 0.25) is 5.91 Å². The molecule has 0 spiro atoms. The highest BCUT2D eigenvalue weighted by Gasteiger charge is 2.19. The van der Waals surface area contributed by atoms with Gasteiger partial charge in [0.05, 0.1) is 0 Å². The molecule has 1 amide bonds. The third-order valence-corrected chi connectivity index (χ3v) is 4.03. The van der Waals surface area contributed by atoms with Crippen LogP contribution in [0.1, 0.15) is 31.9 Å². The molecule has 0 saturated heterocycles. The second-order valence-corrected chi connectivity index (χ2v) is 6.63. The summed E-state index contributed by atoms with van der Waals surface area (Å²) in [7, 11) is 0. The van der Waals surface area contributed by atoms with Gasteiger partial charge in [-0.1, -0.05) is 35.9 Å². The number of carbonyl (C=O) groups excluding carboxylic acids is 1. The summed E-state index contributed by atoms with van der Waals surface area (Å²) in [5, 5.41) is 7.13. The highest BCUT2D eigenvalue weighted by molar-refractivity contribution is 6.30. The fourth-order valence-electron chi connectivity index (χ4n) is 2.49. The predicted octanol–water partition coefficient (Wildman–Crippen LogP) is 4.37. The Labute approximate surface area is 143 Å². The summed E-state index contributed by atoms with van der Waals surface area (Å²) in [5.41, 5.74) is 3.07. The first kappa shape index (κ1) is 17.5. The van der Waals surface area contributed by atoms with Gasteiger partial charge in [-0.25, -0.2) is 0 Å². The lowest BCUT2D eigenvalue weighted by molar-refractivity contribution is -0.114. The Bertz CT molecular complexity index is 665. The van der Waals surface area contributed by atoms with Crippen LogP contribution in [0.3, 0.4) is 0 Å². The van der Waals surface area contributed by atoms with E-state index in [0.29, 0.717) is 0 Å². The first-order valence-electron chi connectivity index (χ1n) is 7.74. The number of nitrogens with one attached hydrogen (secondary N) is 2. The molecule has 2 aromatic carbocycles. The second kappa shape index (κ2) is 7.62. The SMILES string of the molecule is CC(=O)Nc1ccc(C(C)(C)NCCc2cccc(Cl)c2)cc1. The van der Waals surface area contributed by atoms with E-state index in [2.05, 4.69) is 30.5 Å². The first-order valence-corrected chi connectivity index (χ1v) is 8.12. The van der Waals surface area contributed by atoms with Crippen molar-refractivity contribution in [3.8, 4) is 0 Å².